The minimum Gasteiger partial charge on any atom is -0.393 e. The lowest BCUT2D eigenvalue weighted by Crippen LogP contribution is -2.38. The van der Waals surface area contributed by atoms with Crippen molar-refractivity contribution in [2.75, 3.05) is 5.73 Å². The van der Waals surface area contributed by atoms with Gasteiger partial charge in [0.2, 0.25) is 0 Å². The Morgan fingerprint density at radius 3 is 2.90 bits per heavy atom. The SMILES string of the molecule is CCC1CCCC(NC(=O)c2cccc(N)c2[N+](=O)[O-])C1. The maximum atomic E-state index is 12.3. The van der Waals surface area contributed by atoms with Crippen molar-refractivity contribution in [1.29, 1.82) is 0 Å². The summed E-state index contributed by atoms with van der Waals surface area (Å²) < 4.78 is 0. The van der Waals surface area contributed by atoms with Crippen molar-refractivity contribution in [2.24, 2.45) is 5.92 Å². The lowest BCUT2D eigenvalue weighted by molar-refractivity contribution is -0.384. The molecule has 0 bridgehead atoms. The molecule has 0 aromatic heterocycles. The summed E-state index contributed by atoms with van der Waals surface area (Å²) in [5.41, 5.74) is 5.36. The molecule has 6 nitrogen and oxygen atoms in total. The van der Waals surface area contributed by atoms with Gasteiger partial charge in [-0.25, -0.2) is 0 Å². The second-order valence-electron chi connectivity index (χ2n) is 5.61. The highest BCUT2D eigenvalue weighted by molar-refractivity contribution is 6.00. The number of anilines is 1. The van der Waals surface area contributed by atoms with Gasteiger partial charge in [-0.05, 0) is 30.9 Å². The molecular weight excluding hydrogens is 270 g/mol. The molecule has 1 amide bonds. The molecule has 1 fully saturated rings. The number of hydrogen-bond acceptors (Lipinski definition) is 4. The molecule has 0 saturated heterocycles. The van der Waals surface area contributed by atoms with Crippen molar-refractivity contribution in [3.63, 3.8) is 0 Å². The van der Waals surface area contributed by atoms with E-state index >= 15 is 0 Å². The van der Waals surface area contributed by atoms with Crippen LogP contribution in [0.5, 0.6) is 0 Å². The predicted molar refractivity (Wildman–Crippen MR) is 81.0 cm³/mol. The van der Waals surface area contributed by atoms with E-state index in [0.29, 0.717) is 5.92 Å². The zero-order valence-corrected chi connectivity index (χ0v) is 12.2. The number of nitrogens with one attached hydrogen (secondary N) is 1. The van der Waals surface area contributed by atoms with Crippen molar-refractivity contribution in [3.05, 3.63) is 33.9 Å². The summed E-state index contributed by atoms with van der Waals surface area (Å²) in [4.78, 5) is 22.8. The third-order valence-corrected chi connectivity index (χ3v) is 4.19. The van der Waals surface area contributed by atoms with Gasteiger partial charge in [-0.15, -0.1) is 0 Å². The summed E-state index contributed by atoms with van der Waals surface area (Å²) in [7, 11) is 0. The Bertz CT molecular complexity index is 545. The number of para-hydroxylation sites is 1. The third-order valence-electron chi connectivity index (χ3n) is 4.19. The fraction of sp³-hybridized carbons (Fsp3) is 0.533. The number of hydrogen-bond donors (Lipinski definition) is 2. The summed E-state index contributed by atoms with van der Waals surface area (Å²) >= 11 is 0. The molecule has 6 heteroatoms. The highest BCUT2D eigenvalue weighted by atomic mass is 16.6. The Morgan fingerprint density at radius 1 is 1.48 bits per heavy atom. The van der Waals surface area contributed by atoms with Crippen LogP contribution >= 0.6 is 0 Å². The maximum Gasteiger partial charge on any atom is 0.304 e. The first-order valence-electron chi connectivity index (χ1n) is 7.36. The van der Waals surface area contributed by atoms with Gasteiger partial charge in [0.15, 0.2) is 0 Å². The van der Waals surface area contributed by atoms with Crippen LogP contribution in [0.15, 0.2) is 18.2 Å². The summed E-state index contributed by atoms with van der Waals surface area (Å²) in [6, 6.07) is 4.54. The summed E-state index contributed by atoms with van der Waals surface area (Å²) in [6.07, 6.45) is 5.26. The lowest BCUT2D eigenvalue weighted by atomic mass is 9.84. The summed E-state index contributed by atoms with van der Waals surface area (Å²) in [6.45, 7) is 2.15. The summed E-state index contributed by atoms with van der Waals surface area (Å²) in [5, 5.41) is 14.0. The van der Waals surface area contributed by atoms with Gasteiger partial charge in [0.05, 0.1) is 4.92 Å². The average molecular weight is 291 g/mol. The molecule has 1 aromatic carbocycles. The number of amides is 1. The molecule has 1 aliphatic rings. The van der Waals surface area contributed by atoms with Crippen LogP contribution < -0.4 is 11.1 Å². The van der Waals surface area contributed by atoms with Gasteiger partial charge >= 0.3 is 5.69 Å². The number of carbonyl (C=O) groups excluding carboxylic acids is 1. The molecule has 1 saturated carbocycles. The Labute approximate surface area is 123 Å². The number of nitrogens with two attached hydrogens (primary N) is 1. The monoisotopic (exact) mass is 291 g/mol. The van der Waals surface area contributed by atoms with Crippen molar-refractivity contribution >= 4 is 17.3 Å². The topological polar surface area (TPSA) is 98.3 Å². The van der Waals surface area contributed by atoms with Crippen LogP contribution in [0.4, 0.5) is 11.4 Å². The first-order chi connectivity index (χ1) is 10.0. The Morgan fingerprint density at radius 2 is 2.24 bits per heavy atom. The molecule has 0 spiro atoms. The Balaban J connectivity index is 2.14. The van der Waals surface area contributed by atoms with Crippen LogP contribution in [0.1, 0.15) is 49.4 Å². The van der Waals surface area contributed by atoms with Crippen LogP contribution in [0, 0.1) is 16.0 Å². The predicted octanol–water partition coefficient (Wildman–Crippen LogP) is 2.88. The molecule has 114 valence electrons. The molecule has 2 rings (SSSR count). The van der Waals surface area contributed by atoms with E-state index in [9.17, 15) is 14.9 Å². The van der Waals surface area contributed by atoms with Gasteiger partial charge in [-0.1, -0.05) is 32.3 Å². The Kier molecular flexibility index (Phi) is 4.77. The molecule has 0 aliphatic heterocycles. The van der Waals surface area contributed by atoms with E-state index < -0.39 is 10.8 Å². The van der Waals surface area contributed by atoms with E-state index in [1.807, 2.05) is 0 Å². The largest absolute Gasteiger partial charge is 0.393 e. The molecule has 0 radical (unpaired) electrons. The van der Waals surface area contributed by atoms with E-state index in [1.165, 1.54) is 18.6 Å². The van der Waals surface area contributed by atoms with E-state index in [2.05, 4.69) is 12.2 Å². The number of nitrogens with zero attached hydrogens (tertiary/aromatic N) is 1. The number of rotatable bonds is 4. The molecule has 2 unspecified atom stereocenters. The number of benzene rings is 1. The van der Waals surface area contributed by atoms with Crippen LogP contribution in [0.3, 0.4) is 0 Å². The zero-order chi connectivity index (χ0) is 15.4. The van der Waals surface area contributed by atoms with E-state index in [-0.39, 0.29) is 23.0 Å². The smallest absolute Gasteiger partial charge is 0.304 e. The van der Waals surface area contributed by atoms with Crippen molar-refractivity contribution < 1.29 is 9.72 Å². The van der Waals surface area contributed by atoms with Gasteiger partial charge in [0.25, 0.3) is 5.91 Å². The normalized spacial score (nSPS) is 21.8. The molecule has 1 aromatic rings. The molecular formula is C15H21N3O3. The average Bonchev–Trinajstić information content (AvgIpc) is 2.46. The molecule has 2 atom stereocenters. The van der Waals surface area contributed by atoms with Crippen molar-refractivity contribution in [3.8, 4) is 0 Å². The van der Waals surface area contributed by atoms with Gasteiger partial charge in [-0.2, -0.15) is 0 Å². The fourth-order valence-corrected chi connectivity index (χ4v) is 3.00. The van der Waals surface area contributed by atoms with Gasteiger partial charge in [-0.3, -0.25) is 14.9 Å². The zero-order valence-electron chi connectivity index (χ0n) is 12.2. The third kappa shape index (κ3) is 3.51. The molecule has 1 aliphatic carbocycles. The fourth-order valence-electron chi connectivity index (χ4n) is 3.00. The minimum atomic E-state index is -0.597. The maximum absolute atomic E-state index is 12.3. The lowest BCUT2D eigenvalue weighted by Gasteiger charge is -2.29. The number of carbonyl (C=O) groups is 1. The first kappa shape index (κ1) is 15.3. The quantitative estimate of drug-likeness (QED) is 0.506. The second-order valence-corrected chi connectivity index (χ2v) is 5.61. The van der Waals surface area contributed by atoms with Crippen LogP contribution in [0.25, 0.3) is 0 Å². The summed E-state index contributed by atoms with van der Waals surface area (Å²) in [5.74, 6) is 0.218. The van der Waals surface area contributed by atoms with Crippen LogP contribution in [0.2, 0.25) is 0 Å². The highest BCUT2D eigenvalue weighted by Crippen LogP contribution is 2.29. The van der Waals surface area contributed by atoms with Crippen LogP contribution in [-0.2, 0) is 0 Å². The van der Waals surface area contributed by atoms with E-state index in [4.69, 9.17) is 5.73 Å². The van der Waals surface area contributed by atoms with E-state index in [1.54, 1.807) is 6.07 Å². The van der Waals surface area contributed by atoms with Crippen molar-refractivity contribution in [1.82, 2.24) is 5.32 Å². The molecule has 0 heterocycles. The van der Waals surface area contributed by atoms with Crippen molar-refractivity contribution in [2.45, 2.75) is 45.1 Å². The highest BCUT2D eigenvalue weighted by Gasteiger charge is 2.27. The number of nitrogen functional groups attached to an aromatic ring is 1. The molecule has 21 heavy (non-hydrogen) atoms. The number of nitro groups is 1. The van der Waals surface area contributed by atoms with Gasteiger partial charge in [0.1, 0.15) is 11.3 Å². The van der Waals surface area contributed by atoms with E-state index in [0.717, 1.165) is 25.7 Å². The van der Waals surface area contributed by atoms with Gasteiger partial charge in [0, 0.05) is 6.04 Å². The number of nitro benzene ring substituents is 1. The van der Waals surface area contributed by atoms with Gasteiger partial charge < -0.3 is 11.1 Å². The van der Waals surface area contributed by atoms with Crippen LogP contribution in [-0.4, -0.2) is 16.9 Å². The minimum absolute atomic E-state index is 0.0164. The standard InChI is InChI=1S/C15H21N3O3/c1-2-10-5-3-6-11(9-10)17-15(19)12-7-4-8-13(16)14(12)18(20)21/h4,7-8,10-11H,2-3,5-6,9,16H2,1H3,(H,17,19). The second kappa shape index (κ2) is 6.56. The Hall–Kier alpha value is -2.11. The first-order valence-corrected chi connectivity index (χ1v) is 7.36. The molecule has 3 N–H and O–H groups in total.